The first-order chi connectivity index (χ1) is 19.6. The highest BCUT2D eigenvalue weighted by Gasteiger charge is 2.32. The summed E-state index contributed by atoms with van der Waals surface area (Å²) in [5.74, 6) is -3.98. The van der Waals surface area contributed by atoms with E-state index >= 15 is 8.78 Å². The number of aromatic nitrogens is 1. The van der Waals surface area contributed by atoms with E-state index in [4.69, 9.17) is 18.3 Å². The summed E-state index contributed by atoms with van der Waals surface area (Å²) in [5.41, 5.74) is -0.520. The minimum Gasteiger partial charge on any atom is -0.492 e. The van der Waals surface area contributed by atoms with Crippen molar-refractivity contribution in [1.29, 1.82) is 0 Å². The van der Waals surface area contributed by atoms with Gasteiger partial charge in [-0.15, -0.1) is 0 Å². The number of methoxy groups -OCH3 is 1. The molecule has 0 amide bonds. The van der Waals surface area contributed by atoms with Crippen molar-refractivity contribution in [2.45, 2.75) is 58.1 Å². The first-order valence-corrected chi connectivity index (χ1v) is 13.1. The molecule has 13 heteroatoms. The molecule has 2 aliphatic rings. The average molecular weight is 575 g/mol. The van der Waals surface area contributed by atoms with Crippen LogP contribution in [-0.2, 0) is 16.1 Å². The highest BCUT2D eigenvalue weighted by Crippen LogP contribution is 2.44. The summed E-state index contributed by atoms with van der Waals surface area (Å²) in [5, 5.41) is 9.42. The Kier molecular flexibility index (Phi) is 7.70. The second-order valence-electron chi connectivity index (χ2n) is 10.1. The molecular weight excluding hydrogens is 546 g/mol. The Bertz CT molecular complexity index is 1680. The fourth-order valence-electron chi connectivity index (χ4n) is 5.12. The van der Waals surface area contributed by atoms with Gasteiger partial charge in [-0.1, -0.05) is 0 Å². The highest BCUT2D eigenvalue weighted by atomic mass is 19.1. The van der Waals surface area contributed by atoms with Crippen molar-refractivity contribution in [3.8, 4) is 5.75 Å². The van der Waals surface area contributed by atoms with Crippen molar-refractivity contribution in [3.05, 3.63) is 67.4 Å². The Morgan fingerprint density at radius 2 is 1.95 bits per heavy atom. The Balaban J connectivity index is 1.39. The van der Waals surface area contributed by atoms with Crippen molar-refractivity contribution in [2.24, 2.45) is 0 Å². The lowest BCUT2D eigenvalue weighted by Crippen LogP contribution is -2.33. The molecule has 3 heterocycles. The molecule has 0 bridgehead atoms. The Morgan fingerprint density at radius 1 is 1.20 bits per heavy atom. The molecule has 1 N–H and O–H groups in total. The Morgan fingerprint density at radius 3 is 2.59 bits per heavy atom. The summed E-state index contributed by atoms with van der Waals surface area (Å²) in [6, 6.07) is 0.973. The van der Waals surface area contributed by atoms with Crippen LogP contribution >= 0.6 is 0 Å². The SMILES string of the molecule is COc1c(N2CCC/C(=C(\F)CCC(=O)OCc3oc(=O)oc3C)C2)c(F)cc2c(=O)c(C(=O)O)cn(C3CC3)c12. The monoisotopic (exact) mass is 574 g/mol. The predicted octanol–water partition coefficient (Wildman–Crippen LogP) is 4.38. The lowest BCUT2D eigenvalue weighted by molar-refractivity contribution is -0.145. The van der Waals surface area contributed by atoms with Crippen molar-refractivity contribution < 1.29 is 41.8 Å². The van der Waals surface area contributed by atoms with E-state index < -0.39 is 40.4 Å². The van der Waals surface area contributed by atoms with E-state index in [9.17, 15) is 24.3 Å². The first kappa shape index (κ1) is 28.1. The van der Waals surface area contributed by atoms with Gasteiger partial charge in [0.25, 0.3) is 0 Å². The second-order valence-corrected chi connectivity index (χ2v) is 10.1. The number of aryl methyl sites for hydroxylation is 1. The number of esters is 1. The largest absolute Gasteiger partial charge is 0.519 e. The molecule has 5 rings (SSSR count). The van der Waals surface area contributed by atoms with Gasteiger partial charge in [0.2, 0.25) is 5.43 Å². The van der Waals surface area contributed by atoms with E-state index in [2.05, 4.69) is 0 Å². The van der Waals surface area contributed by atoms with Gasteiger partial charge in [0.15, 0.2) is 29.7 Å². The first-order valence-electron chi connectivity index (χ1n) is 13.1. The summed E-state index contributed by atoms with van der Waals surface area (Å²) in [6.07, 6.45) is 3.23. The van der Waals surface area contributed by atoms with E-state index in [1.165, 1.54) is 20.2 Å². The number of carbonyl (C=O) groups excluding carboxylic acids is 1. The third-order valence-corrected chi connectivity index (χ3v) is 7.31. The smallest absolute Gasteiger partial charge is 0.492 e. The number of carboxylic acid groups (broad SMARTS) is 1. The number of allylic oxidation sites excluding steroid dienone is 1. The Hall–Kier alpha value is -4.42. The molecule has 0 radical (unpaired) electrons. The van der Waals surface area contributed by atoms with E-state index in [1.54, 1.807) is 9.47 Å². The van der Waals surface area contributed by atoms with Crippen LogP contribution in [0.5, 0.6) is 5.75 Å². The maximum atomic E-state index is 15.6. The van der Waals surface area contributed by atoms with Crippen LogP contribution in [0.2, 0.25) is 0 Å². The molecule has 0 spiro atoms. The maximum Gasteiger partial charge on any atom is 0.519 e. The summed E-state index contributed by atoms with van der Waals surface area (Å²) in [7, 11) is 1.34. The van der Waals surface area contributed by atoms with Crippen LogP contribution in [-0.4, -0.2) is 41.8 Å². The summed E-state index contributed by atoms with van der Waals surface area (Å²) >= 11 is 0. The quantitative estimate of drug-likeness (QED) is 0.366. The van der Waals surface area contributed by atoms with Crippen LogP contribution in [0.15, 0.2) is 42.1 Å². The molecule has 1 aliphatic heterocycles. The van der Waals surface area contributed by atoms with Crippen LogP contribution in [0.25, 0.3) is 10.9 Å². The topological polar surface area (TPSA) is 141 Å². The lowest BCUT2D eigenvalue weighted by atomic mass is 10.00. The number of benzene rings is 1. The molecule has 11 nitrogen and oxygen atoms in total. The van der Waals surface area contributed by atoms with Gasteiger partial charge in [-0.2, -0.15) is 0 Å². The molecule has 1 aromatic carbocycles. The molecule has 3 aromatic rings. The van der Waals surface area contributed by atoms with Gasteiger partial charge >= 0.3 is 17.8 Å². The van der Waals surface area contributed by atoms with E-state index in [1.807, 2.05) is 0 Å². The van der Waals surface area contributed by atoms with Crippen LogP contribution in [0.1, 0.15) is 66.4 Å². The lowest BCUT2D eigenvalue weighted by Gasteiger charge is -2.33. The zero-order valence-electron chi connectivity index (χ0n) is 22.5. The van der Waals surface area contributed by atoms with E-state index in [-0.39, 0.29) is 60.4 Å². The molecular formula is C28H28F2N2O9. The number of hydrogen-bond acceptors (Lipinski definition) is 9. The summed E-state index contributed by atoms with van der Waals surface area (Å²) < 4.78 is 52.6. The number of pyridine rings is 1. The number of aromatic carboxylic acids is 1. The zero-order valence-corrected chi connectivity index (χ0v) is 22.5. The summed E-state index contributed by atoms with van der Waals surface area (Å²) in [6.45, 7) is 1.58. The van der Waals surface area contributed by atoms with Crippen molar-refractivity contribution in [2.75, 3.05) is 25.1 Å². The van der Waals surface area contributed by atoms with Crippen LogP contribution < -0.4 is 20.9 Å². The number of ether oxygens (including phenoxy) is 2. The van der Waals surface area contributed by atoms with Gasteiger partial charge in [-0.25, -0.2) is 18.4 Å². The highest BCUT2D eigenvalue weighted by molar-refractivity contribution is 5.97. The standard InChI is InChI=1S/C28H28F2N2O9/c1-14-21(41-28(37)40-14)13-39-22(33)8-7-19(29)15-4-3-9-31(11-15)24-20(30)10-17-23(26(24)38-2)32(16-5-6-16)12-18(25(17)34)27(35)36/h10,12,16H,3-9,11,13H2,1-2H3,(H,35,36)/b19-15+. The fraction of sp³-hybridized carbons (Fsp3) is 0.429. The Labute approximate surface area is 231 Å². The van der Waals surface area contributed by atoms with Gasteiger partial charge in [-0.05, 0) is 44.2 Å². The predicted molar refractivity (Wildman–Crippen MR) is 141 cm³/mol. The van der Waals surface area contributed by atoms with E-state index in [0.717, 1.165) is 18.9 Å². The van der Waals surface area contributed by atoms with Crippen LogP contribution in [0.3, 0.4) is 0 Å². The van der Waals surface area contributed by atoms with Crippen LogP contribution in [0, 0.1) is 12.7 Å². The number of fused-ring (bicyclic) bond motifs is 1. The zero-order chi connectivity index (χ0) is 29.4. The van der Waals surface area contributed by atoms with Crippen molar-refractivity contribution in [3.63, 3.8) is 0 Å². The number of halogens is 2. The van der Waals surface area contributed by atoms with Crippen molar-refractivity contribution >= 4 is 28.5 Å². The number of anilines is 1. The van der Waals surface area contributed by atoms with E-state index in [0.29, 0.717) is 30.5 Å². The molecule has 1 saturated heterocycles. The summed E-state index contributed by atoms with van der Waals surface area (Å²) in [4.78, 5) is 49.5. The average Bonchev–Trinajstić information content (AvgIpc) is 3.73. The van der Waals surface area contributed by atoms with Gasteiger partial charge < -0.3 is 32.9 Å². The minimum absolute atomic E-state index is 0.0277. The number of piperidine rings is 1. The van der Waals surface area contributed by atoms with Gasteiger partial charge in [0.1, 0.15) is 17.1 Å². The minimum atomic E-state index is -1.40. The van der Waals surface area contributed by atoms with Gasteiger partial charge in [0.05, 0.1) is 24.4 Å². The normalized spacial score (nSPS) is 16.6. The molecule has 0 unspecified atom stereocenters. The molecule has 1 saturated carbocycles. The molecule has 0 atom stereocenters. The second kappa shape index (κ2) is 11.2. The van der Waals surface area contributed by atoms with Gasteiger partial charge in [-0.3, -0.25) is 9.59 Å². The van der Waals surface area contributed by atoms with Crippen molar-refractivity contribution in [1.82, 2.24) is 4.57 Å². The molecule has 2 aromatic heterocycles. The number of nitrogens with zero attached hydrogens (tertiary/aromatic N) is 2. The fourth-order valence-corrected chi connectivity index (χ4v) is 5.12. The molecule has 41 heavy (non-hydrogen) atoms. The number of rotatable bonds is 9. The third-order valence-electron chi connectivity index (χ3n) is 7.31. The number of carboxylic acids is 1. The number of hydrogen-bond donors (Lipinski definition) is 1. The molecule has 2 fully saturated rings. The molecule has 1 aliphatic carbocycles. The third kappa shape index (κ3) is 5.61. The van der Waals surface area contributed by atoms with Gasteiger partial charge in [0, 0.05) is 31.7 Å². The maximum absolute atomic E-state index is 15.6. The van der Waals surface area contributed by atoms with Crippen LogP contribution in [0.4, 0.5) is 14.5 Å². The molecule has 218 valence electrons. The number of carbonyl (C=O) groups is 2.